The maximum Gasteiger partial charge on any atom is 0.416 e. The van der Waals surface area contributed by atoms with Gasteiger partial charge in [0.1, 0.15) is 5.75 Å². The van der Waals surface area contributed by atoms with E-state index in [4.69, 9.17) is 32.7 Å². The molecule has 1 unspecified atom stereocenters. The summed E-state index contributed by atoms with van der Waals surface area (Å²) < 4.78 is 10.8. The van der Waals surface area contributed by atoms with Gasteiger partial charge >= 0.3 is 6.09 Å². The first-order chi connectivity index (χ1) is 20.1. The lowest BCUT2D eigenvalue weighted by Crippen LogP contribution is -2.48. The highest BCUT2D eigenvalue weighted by atomic mass is 35.5. The zero-order chi connectivity index (χ0) is 30.4. The summed E-state index contributed by atoms with van der Waals surface area (Å²) in [4.78, 5) is 39.9. The average Bonchev–Trinajstić information content (AvgIpc) is 2.97. The summed E-state index contributed by atoms with van der Waals surface area (Å²) in [6, 6.07) is 16.7. The third-order valence-electron chi connectivity index (χ3n) is 6.57. The Bertz CT molecular complexity index is 1520. The Morgan fingerprint density at radius 1 is 1.12 bits per heavy atom. The molecular formula is C30H29Cl2N5O5. The van der Waals surface area contributed by atoms with E-state index in [1.165, 1.54) is 24.7 Å². The first-order valence-electron chi connectivity index (χ1n) is 13.1. The van der Waals surface area contributed by atoms with Gasteiger partial charge in [0.25, 0.3) is 11.8 Å². The summed E-state index contributed by atoms with van der Waals surface area (Å²) in [6.07, 6.45) is -0.201. The Morgan fingerprint density at radius 2 is 1.81 bits per heavy atom. The molecule has 0 aromatic heterocycles. The van der Waals surface area contributed by atoms with Gasteiger partial charge in [-0.1, -0.05) is 53.0 Å². The molecular weight excluding hydrogens is 581 g/mol. The third-order valence-corrected chi connectivity index (χ3v) is 7.13. The monoisotopic (exact) mass is 609 g/mol. The lowest BCUT2D eigenvalue weighted by atomic mass is 9.98. The highest BCUT2D eigenvalue weighted by Crippen LogP contribution is 2.39. The predicted octanol–water partition coefficient (Wildman–Crippen LogP) is 5.72. The van der Waals surface area contributed by atoms with Gasteiger partial charge in [0, 0.05) is 25.7 Å². The standard InChI is InChI=1S/C30H29Cl2N5O5/c1-4-41-30(40)36(3)29(39)26(16-33)35-34-21-14-24(31)27(25(32)15-21)42-22-9-10-23-20(13-22)11-12-37(28(23)38)17-19-7-5-18(2)6-8-19/h5-10,13-15,26,34-35H,4,11-12,17H2,1-3H3. The number of nitriles is 1. The number of imide groups is 1. The molecule has 2 N–H and O–H groups in total. The number of hydrazine groups is 1. The van der Waals surface area contributed by atoms with Crippen LogP contribution in [0.4, 0.5) is 10.5 Å². The Labute approximate surface area is 253 Å². The number of aryl methyl sites for hydroxylation is 1. The molecule has 12 heteroatoms. The number of halogens is 2. The summed E-state index contributed by atoms with van der Waals surface area (Å²) in [5.74, 6) is -0.190. The van der Waals surface area contributed by atoms with Crippen LogP contribution < -0.4 is 15.6 Å². The molecule has 218 valence electrons. The van der Waals surface area contributed by atoms with Gasteiger partial charge in [-0.15, -0.1) is 0 Å². The van der Waals surface area contributed by atoms with Crippen molar-refractivity contribution in [2.24, 2.45) is 0 Å². The molecule has 42 heavy (non-hydrogen) atoms. The first-order valence-corrected chi connectivity index (χ1v) is 13.9. The summed E-state index contributed by atoms with van der Waals surface area (Å²) in [6.45, 7) is 4.84. The van der Waals surface area contributed by atoms with Crippen LogP contribution >= 0.6 is 23.2 Å². The average molecular weight is 610 g/mol. The van der Waals surface area contributed by atoms with Crippen LogP contribution in [0.3, 0.4) is 0 Å². The largest absolute Gasteiger partial charge is 0.454 e. The molecule has 1 aliphatic heterocycles. The molecule has 0 saturated heterocycles. The number of amides is 3. The van der Waals surface area contributed by atoms with E-state index in [1.807, 2.05) is 36.1 Å². The number of rotatable bonds is 9. The van der Waals surface area contributed by atoms with Gasteiger partial charge in [-0.25, -0.2) is 15.1 Å². The SMILES string of the molecule is CCOC(=O)N(C)C(=O)C(C#N)NNc1cc(Cl)c(Oc2ccc3c(c2)CCN(Cc2ccc(C)cc2)C3=O)c(Cl)c1. The number of benzene rings is 3. The summed E-state index contributed by atoms with van der Waals surface area (Å²) >= 11 is 12.9. The molecule has 0 spiro atoms. The van der Waals surface area contributed by atoms with E-state index in [9.17, 15) is 19.6 Å². The van der Waals surface area contributed by atoms with Crippen LogP contribution in [0.5, 0.6) is 11.5 Å². The van der Waals surface area contributed by atoms with E-state index in [1.54, 1.807) is 31.2 Å². The summed E-state index contributed by atoms with van der Waals surface area (Å²) in [7, 11) is 1.21. The lowest BCUT2D eigenvalue weighted by molar-refractivity contribution is -0.129. The number of nitrogens with zero attached hydrogens (tertiary/aromatic N) is 3. The molecule has 3 aromatic rings. The molecule has 0 bridgehead atoms. The number of likely N-dealkylation sites (N-methyl/N-ethyl adjacent to an activating group) is 1. The molecule has 0 aliphatic carbocycles. The number of carbonyl (C=O) groups is 3. The lowest BCUT2D eigenvalue weighted by Gasteiger charge is -2.29. The maximum absolute atomic E-state index is 13.1. The molecule has 0 radical (unpaired) electrons. The van der Waals surface area contributed by atoms with Crippen molar-refractivity contribution in [1.29, 1.82) is 5.26 Å². The maximum atomic E-state index is 13.1. The number of ether oxygens (including phenoxy) is 2. The fourth-order valence-electron chi connectivity index (χ4n) is 4.30. The number of fused-ring (bicyclic) bond motifs is 1. The molecule has 0 saturated carbocycles. The van der Waals surface area contributed by atoms with Crippen molar-refractivity contribution in [2.45, 2.75) is 32.9 Å². The van der Waals surface area contributed by atoms with Gasteiger partial charge in [-0.2, -0.15) is 5.26 Å². The molecule has 1 heterocycles. The van der Waals surface area contributed by atoms with Crippen molar-refractivity contribution in [2.75, 3.05) is 25.6 Å². The number of hydrogen-bond acceptors (Lipinski definition) is 8. The van der Waals surface area contributed by atoms with Gasteiger partial charge in [0.05, 0.1) is 28.4 Å². The van der Waals surface area contributed by atoms with Crippen molar-refractivity contribution in [3.63, 3.8) is 0 Å². The highest BCUT2D eigenvalue weighted by molar-refractivity contribution is 6.37. The molecule has 1 atom stereocenters. The Kier molecular flexibility index (Phi) is 9.91. The van der Waals surface area contributed by atoms with E-state index >= 15 is 0 Å². The fraction of sp³-hybridized carbons (Fsp3) is 0.267. The second kappa shape index (κ2) is 13.6. The molecule has 0 fully saturated rings. The van der Waals surface area contributed by atoms with Crippen molar-refractivity contribution in [3.8, 4) is 17.6 Å². The van der Waals surface area contributed by atoms with Crippen molar-refractivity contribution in [1.82, 2.24) is 15.2 Å². The molecule has 3 amide bonds. The van der Waals surface area contributed by atoms with Crippen LogP contribution in [0, 0.1) is 18.3 Å². The number of anilines is 1. The number of carbonyl (C=O) groups excluding carboxylic acids is 3. The predicted molar refractivity (Wildman–Crippen MR) is 159 cm³/mol. The van der Waals surface area contributed by atoms with Crippen LogP contribution in [0.2, 0.25) is 10.0 Å². The van der Waals surface area contributed by atoms with Gasteiger partial charge in [-0.05, 0) is 61.7 Å². The second-order valence-electron chi connectivity index (χ2n) is 9.58. The molecule has 1 aliphatic rings. The molecule has 4 rings (SSSR count). The van der Waals surface area contributed by atoms with Crippen LogP contribution in [0.15, 0.2) is 54.6 Å². The van der Waals surface area contributed by atoms with E-state index in [-0.39, 0.29) is 28.3 Å². The third kappa shape index (κ3) is 7.12. The van der Waals surface area contributed by atoms with Crippen LogP contribution in [-0.2, 0) is 22.5 Å². The van der Waals surface area contributed by atoms with Gasteiger partial charge in [-0.3, -0.25) is 9.59 Å². The van der Waals surface area contributed by atoms with E-state index in [0.717, 1.165) is 11.1 Å². The van der Waals surface area contributed by atoms with Crippen LogP contribution in [-0.4, -0.2) is 53.9 Å². The van der Waals surface area contributed by atoms with E-state index in [0.29, 0.717) is 41.4 Å². The van der Waals surface area contributed by atoms with E-state index in [2.05, 4.69) is 10.9 Å². The van der Waals surface area contributed by atoms with Crippen LogP contribution in [0.25, 0.3) is 0 Å². The quantitative estimate of drug-likeness (QED) is 0.295. The van der Waals surface area contributed by atoms with E-state index < -0.39 is 18.0 Å². The minimum atomic E-state index is -1.40. The van der Waals surface area contributed by atoms with Gasteiger partial charge in [0.15, 0.2) is 11.8 Å². The smallest absolute Gasteiger partial charge is 0.416 e. The first kappa shape index (κ1) is 30.7. The zero-order valence-corrected chi connectivity index (χ0v) is 24.8. The van der Waals surface area contributed by atoms with Crippen molar-refractivity contribution in [3.05, 3.63) is 86.9 Å². The Hall–Kier alpha value is -4.30. The Morgan fingerprint density at radius 3 is 2.45 bits per heavy atom. The normalized spacial score (nSPS) is 13.0. The minimum absolute atomic E-state index is 0.0371. The van der Waals surface area contributed by atoms with Gasteiger partial charge < -0.3 is 19.8 Å². The molecule has 10 nitrogen and oxygen atoms in total. The summed E-state index contributed by atoms with van der Waals surface area (Å²) in [5, 5.41) is 9.72. The highest BCUT2D eigenvalue weighted by Gasteiger charge is 2.27. The number of hydrogen-bond donors (Lipinski definition) is 2. The van der Waals surface area contributed by atoms with Crippen molar-refractivity contribution >= 4 is 46.8 Å². The summed E-state index contributed by atoms with van der Waals surface area (Å²) in [5.41, 5.74) is 9.33. The fourth-order valence-corrected chi connectivity index (χ4v) is 4.86. The second-order valence-corrected chi connectivity index (χ2v) is 10.4. The van der Waals surface area contributed by atoms with Crippen LogP contribution in [0.1, 0.15) is 34.0 Å². The Balaban J connectivity index is 1.41. The van der Waals surface area contributed by atoms with Gasteiger partial charge in [0.2, 0.25) is 0 Å². The topological polar surface area (TPSA) is 124 Å². The minimum Gasteiger partial charge on any atom is -0.454 e. The van der Waals surface area contributed by atoms with Crippen molar-refractivity contribution < 1.29 is 23.9 Å². The zero-order valence-electron chi connectivity index (χ0n) is 23.2. The molecule has 3 aromatic carbocycles. The number of nitrogens with one attached hydrogen (secondary N) is 2.